The van der Waals surface area contributed by atoms with Gasteiger partial charge in [-0.2, -0.15) is 0 Å². The van der Waals surface area contributed by atoms with Crippen molar-refractivity contribution >= 4 is 34.3 Å². The number of aryl methyl sites for hydroxylation is 2. The van der Waals surface area contributed by atoms with Crippen molar-refractivity contribution in [2.24, 2.45) is 0 Å². The number of amides is 1. The lowest BCUT2D eigenvalue weighted by atomic mass is 10.0. The number of hydrogen-bond donors (Lipinski definition) is 3. The number of pyridine rings is 1. The minimum absolute atomic E-state index is 0.247. The predicted octanol–water partition coefficient (Wildman–Crippen LogP) is 4.14. The zero-order chi connectivity index (χ0) is 26.6. The number of ether oxygens (including phenoxy) is 2. The van der Waals surface area contributed by atoms with Crippen molar-refractivity contribution in [3.8, 4) is 0 Å². The summed E-state index contributed by atoms with van der Waals surface area (Å²) in [6, 6.07) is 11.7. The molecule has 198 valence electrons. The summed E-state index contributed by atoms with van der Waals surface area (Å²) in [7, 11) is 1.32. The molecule has 9 nitrogen and oxygen atoms in total. The summed E-state index contributed by atoms with van der Waals surface area (Å²) in [5, 5.41) is 17.2. The second-order valence-electron chi connectivity index (χ2n) is 10.1. The van der Waals surface area contributed by atoms with E-state index in [4.69, 9.17) is 9.47 Å². The highest BCUT2D eigenvalue weighted by molar-refractivity contribution is 6.12. The number of aliphatic hydroxyl groups is 1. The molecular formula is C28H36N4O5. The van der Waals surface area contributed by atoms with E-state index < -0.39 is 17.7 Å². The summed E-state index contributed by atoms with van der Waals surface area (Å²) >= 11 is 0. The number of methoxy groups -OCH3 is 1. The molecule has 1 aliphatic heterocycles. The Morgan fingerprint density at radius 1 is 1.30 bits per heavy atom. The number of carbonyl (C=O) groups excluding carboxylic acids is 2. The maximum atomic E-state index is 13.1. The van der Waals surface area contributed by atoms with Crippen LogP contribution >= 0.6 is 0 Å². The van der Waals surface area contributed by atoms with Crippen LogP contribution in [0.15, 0.2) is 42.6 Å². The fraction of sp³-hybridized carbons (Fsp3) is 0.464. The van der Waals surface area contributed by atoms with Crippen LogP contribution in [0, 0.1) is 0 Å². The Hall–Kier alpha value is -3.43. The number of benzene rings is 1. The molecule has 0 unspecified atom stereocenters. The van der Waals surface area contributed by atoms with Gasteiger partial charge < -0.3 is 29.8 Å². The van der Waals surface area contributed by atoms with Gasteiger partial charge in [-0.15, -0.1) is 0 Å². The molecule has 0 aliphatic carbocycles. The molecule has 3 N–H and O–H groups in total. The van der Waals surface area contributed by atoms with Crippen molar-refractivity contribution in [2.45, 2.75) is 70.7 Å². The van der Waals surface area contributed by atoms with E-state index in [1.165, 1.54) is 12.7 Å². The van der Waals surface area contributed by atoms with E-state index in [2.05, 4.69) is 27.8 Å². The van der Waals surface area contributed by atoms with Gasteiger partial charge in [0.15, 0.2) is 5.69 Å². The van der Waals surface area contributed by atoms with Gasteiger partial charge in [0.2, 0.25) is 0 Å². The lowest BCUT2D eigenvalue weighted by molar-refractivity contribution is -0.124. The molecule has 0 bridgehead atoms. The van der Waals surface area contributed by atoms with Gasteiger partial charge >= 0.3 is 5.97 Å². The van der Waals surface area contributed by atoms with Crippen LogP contribution in [0.5, 0.6) is 0 Å². The van der Waals surface area contributed by atoms with Gasteiger partial charge in [-0.1, -0.05) is 30.3 Å². The van der Waals surface area contributed by atoms with Crippen LogP contribution in [0.3, 0.4) is 0 Å². The zero-order valence-electron chi connectivity index (χ0n) is 21.9. The van der Waals surface area contributed by atoms with Crippen molar-refractivity contribution in [1.82, 2.24) is 9.55 Å². The third kappa shape index (κ3) is 6.11. The van der Waals surface area contributed by atoms with Gasteiger partial charge in [0.25, 0.3) is 5.91 Å². The standard InChI is InChI=1S/C28H36N4O5/c1-18(28(2,3)35)30-20-16-21-23(31-26(33)22-13-9-15-37-22)24(27(34)36-4)32(25(21)29-17-20)14-8-12-19-10-6-5-7-11-19/h5-7,10-11,16-18,22,30,35H,8-9,12-15H2,1-4H3,(H,31,33)/t18-,22+/m0/s1. The molecule has 0 saturated carbocycles. The average molecular weight is 509 g/mol. The lowest BCUT2D eigenvalue weighted by Crippen LogP contribution is -2.39. The van der Waals surface area contributed by atoms with E-state index in [-0.39, 0.29) is 17.6 Å². The van der Waals surface area contributed by atoms with Crippen LogP contribution in [-0.2, 0) is 27.2 Å². The highest BCUT2D eigenvalue weighted by atomic mass is 16.5. The fourth-order valence-corrected chi connectivity index (χ4v) is 4.46. The minimum atomic E-state index is -0.966. The minimum Gasteiger partial charge on any atom is -0.464 e. The quantitative estimate of drug-likeness (QED) is 0.353. The number of anilines is 2. The molecule has 4 rings (SSSR count). The number of aromatic nitrogens is 2. The van der Waals surface area contributed by atoms with Gasteiger partial charge in [-0.3, -0.25) is 4.79 Å². The third-order valence-electron chi connectivity index (χ3n) is 6.88. The highest BCUT2D eigenvalue weighted by Crippen LogP contribution is 2.34. The lowest BCUT2D eigenvalue weighted by Gasteiger charge is -2.27. The molecule has 0 spiro atoms. The summed E-state index contributed by atoms with van der Waals surface area (Å²) < 4.78 is 12.5. The van der Waals surface area contributed by atoms with Crippen LogP contribution in [0.4, 0.5) is 11.4 Å². The first kappa shape index (κ1) is 26.6. The summed E-state index contributed by atoms with van der Waals surface area (Å²) in [6.07, 6.45) is 4.13. The average Bonchev–Trinajstić information content (AvgIpc) is 3.51. The summed E-state index contributed by atoms with van der Waals surface area (Å²) in [5.74, 6) is -0.853. The molecule has 2 atom stereocenters. The van der Waals surface area contributed by atoms with Crippen LogP contribution < -0.4 is 10.6 Å². The molecule has 1 amide bonds. The molecule has 1 saturated heterocycles. The molecule has 1 aromatic carbocycles. The van der Waals surface area contributed by atoms with Crippen molar-refractivity contribution in [2.75, 3.05) is 24.4 Å². The number of hydrogen-bond acceptors (Lipinski definition) is 7. The fourth-order valence-electron chi connectivity index (χ4n) is 4.46. The van der Waals surface area contributed by atoms with Gasteiger partial charge in [-0.05, 0) is 58.1 Å². The first-order valence-electron chi connectivity index (χ1n) is 12.7. The van der Waals surface area contributed by atoms with Crippen LogP contribution in [0.25, 0.3) is 11.0 Å². The number of rotatable bonds is 10. The molecule has 37 heavy (non-hydrogen) atoms. The maximum absolute atomic E-state index is 13.1. The third-order valence-corrected chi connectivity index (χ3v) is 6.88. The van der Waals surface area contributed by atoms with Crippen LogP contribution in [0.1, 0.15) is 56.1 Å². The van der Waals surface area contributed by atoms with Gasteiger partial charge in [0.1, 0.15) is 11.8 Å². The van der Waals surface area contributed by atoms with E-state index in [0.717, 1.165) is 19.3 Å². The molecule has 3 aromatic rings. The Labute approximate surface area is 217 Å². The Balaban J connectivity index is 1.75. The number of nitrogens with zero attached hydrogens (tertiary/aromatic N) is 2. The second-order valence-corrected chi connectivity index (χ2v) is 10.1. The highest BCUT2D eigenvalue weighted by Gasteiger charge is 2.30. The monoisotopic (exact) mass is 508 g/mol. The normalized spacial score (nSPS) is 16.5. The maximum Gasteiger partial charge on any atom is 0.356 e. The van der Waals surface area contributed by atoms with Crippen molar-refractivity contribution in [3.05, 3.63) is 53.9 Å². The molecule has 9 heteroatoms. The Bertz CT molecular complexity index is 1240. The van der Waals surface area contributed by atoms with Gasteiger partial charge in [0.05, 0.1) is 36.3 Å². The Morgan fingerprint density at radius 2 is 2.05 bits per heavy atom. The zero-order valence-corrected chi connectivity index (χ0v) is 21.9. The molecular weight excluding hydrogens is 472 g/mol. The van der Waals surface area contributed by atoms with Gasteiger partial charge in [-0.25, -0.2) is 9.78 Å². The summed E-state index contributed by atoms with van der Waals surface area (Å²) in [5.41, 5.74) is 2.06. The van der Waals surface area contributed by atoms with E-state index in [1.807, 2.05) is 35.8 Å². The second kappa shape index (κ2) is 11.3. The number of carbonyl (C=O) groups is 2. The molecule has 1 aliphatic rings. The summed E-state index contributed by atoms with van der Waals surface area (Å²) in [4.78, 5) is 30.8. The van der Waals surface area contributed by atoms with Crippen molar-refractivity contribution < 1.29 is 24.2 Å². The number of esters is 1. The van der Waals surface area contributed by atoms with E-state index in [9.17, 15) is 14.7 Å². The first-order valence-corrected chi connectivity index (χ1v) is 12.7. The van der Waals surface area contributed by atoms with Crippen LogP contribution in [0.2, 0.25) is 0 Å². The molecule has 0 radical (unpaired) electrons. The van der Waals surface area contributed by atoms with Crippen LogP contribution in [-0.4, -0.2) is 58.0 Å². The Morgan fingerprint density at radius 3 is 2.70 bits per heavy atom. The number of fused-ring (bicyclic) bond motifs is 1. The molecule has 1 fully saturated rings. The summed E-state index contributed by atoms with van der Waals surface area (Å²) in [6.45, 7) is 6.36. The molecule has 3 heterocycles. The predicted molar refractivity (Wildman–Crippen MR) is 143 cm³/mol. The van der Waals surface area contributed by atoms with E-state index in [0.29, 0.717) is 42.0 Å². The van der Waals surface area contributed by atoms with Crippen molar-refractivity contribution in [1.29, 1.82) is 0 Å². The molecule has 2 aromatic heterocycles. The van der Waals surface area contributed by atoms with E-state index in [1.54, 1.807) is 20.0 Å². The number of nitrogens with one attached hydrogen (secondary N) is 2. The Kier molecular flexibility index (Phi) is 8.14. The first-order chi connectivity index (χ1) is 17.7. The SMILES string of the molecule is COC(=O)c1c(NC(=O)[C@H]2CCCO2)c2cc(N[C@@H](C)C(C)(C)O)cnc2n1CCCc1ccccc1. The smallest absolute Gasteiger partial charge is 0.356 e. The topological polar surface area (TPSA) is 115 Å². The van der Waals surface area contributed by atoms with E-state index >= 15 is 0 Å². The van der Waals surface area contributed by atoms with Crippen molar-refractivity contribution in [3.63, 3.8) is 0 Å². The largest absolute Gasteiger partial charge is 0.464 e. The van der Waals surface area contributed by atoms with Gasteiger partial charge in [0, 0.05) is 18.5 Å².